The number of rotatable bonds is 4. The van der Waals surface area contributed by atoms with Crippen LogP contribution in [0, 0.1) is 20.8 Å². The fourth-order valence-electron chi connectivity index (χ4n) is 3.65. The SMILES string of the molecule is Cc1cc(C)c(S(=O)(=O)N2CCCN(Cc3csc(C(C)(C)C)n3)CC2)cc1C. The molecule has 1 aliphatic rings. The summed E-state index contributed by atoms with van der Waals surface area (Å²) < 4.78 is 28.3. The molecule has 1 aromatic heterocycles. The predicted octanol–water partition coefficient (Wildman–Crippen LogP) is 4.26. The molecule has 1 saturated heterocycles. The minimum absolute atomic E-state index is 0.0661. The van der Waals surface area contributed by atoms with E-state index in [1.807, 2.05) is 32.9 Å². The maximum absolute atomic E-state index is 13.3. The van der Waals surface area contributed by atoms with Gasteiger partial charge in [-0.2, -0.15) is 4.31 Å². The van der Waals surface area contributed by atoms with E-state index >= 15 is 0 Å². The van der Waals surface area contributed by atoms with Gasteiger partial charge in [0.1, 0.15) is 0 Å². The second-order valence-electron chi connectivity index (χ2n) is 9.13. The van der Waals surface area contributed by atoms with Crippen molar-refractivity contribution in [2.45, 2.75) is 64.8 Å². The van der Waals surface area contributed by atoms with Gasteiger partial charge >= 0.3 is 0 Å². The van der Waals surface area contributed by atoms with Crippen LogP contribution in [-0.4, -0.2) is 48.8 Å². The van der Waals surface area contributed by atoms with E-state index in [1.165, 1.54) is 0 Å². The van der Waals surface area contributed by atoms with Crippen LogP contribution in [0.15, 0.2) is 22.4 Å². The van der Waals surface area contributed by atoms with Crippen LogP contribution >= 0.6 is 11.3 Å². The molecule has 0 saturated carbocycles. The van der Waals surface area contributed by atoms with Crippen molar-refractivity contribution in [2.24, 2.45) is 0 Å². The summed E-state index contributed by atoms with van der Waals surface area (Å²) in [6.45, 7) is 15.9. The molecule has 0 atom stereocenters. The summed E-state index contributed by atoms with van der Waals surface area (Å²) in [7, 11) is -3.47. The van der Waals surface area contributed by atoms with Gasteiger partial charge in [0.15, 0.2) is 0 Å². The van der Waals surface area contributed by atoms with Gasteiger partial charge in [0.25, 0.3) is 0 Å². The van der Waals surface area contributed by atoms with Gasteiger partial charge in [0.2, 0.25) is 10.0 Å². The molecule has 0 aliphatic carbocycles. The third-order valence-corrected chi connectivity index (χ3v) is 8.89. The second kappa shape index (κ2) is 8.46. The summed E-state index contributed by atoms with van der Waals surface area (Å²) in [6, 6.07) is 3.80. The minimum Gasteiger partial charge on any atom is -0.296 e. The summed E-state index contributed by atoms with van der Waals surface area (Å²) >= 11 is 1.71. The number of sulfonamides is 1. The van der Waals surface area contributed by atoms with Crippen LogP contribution in [0.3, 0.4) is 0 Å². The van der Waals surface area contributed by atoms with Gasteiger partial charge in [-0.25, -0.2) is 13.4 Å². The standard InChI is InChI=1S/C22H33N3O2S2/c1-16-12-18(3)20(13-17(16)2)29(26,27)25-9-7-8-24(10-11-25)14-19-15-28-21(23-19)22(4,5)6/h12-13,15H,7-11,14H2,1-6H3. The van der Waals surface area contributed by atoms with Gasteiger partial charge in [-0.3, -0.25) is 4.90 Å². The second-order valence-corrected chi connectivity index (χ2v) is 11.9. The molecular weight excluding hydrogens is 402 g/mol. The average molecular weight is 436 g/mol. The van der Waals surface area contributed by atoms with E-state index in [0.717, 1.165) is 53.4 Å². The van der Waals surface area contributed by atoms with Crippen molar-refractivity contribution >= 4 is 21.4 Å². The van der Waals surface area contributed by atoms with Gasteiger partial charge in [0, 0.05) is 37.0 Å². The largest absolute Gasteiger partial charge is 0.296 e. The summed E-state index contributed by atoms with van der Waals surface area (Å²) in [4.78, 5) is 7.57. The molecule has 1 fully saturated rings. The number of hydrogen-bond donors (Lipinski definition) is 0. The van der Waals surface area contributed by atoms with Gasteiger partial charge in [0.05, 0.1) is 15.6 Å². The maximum Gasteiger partial charge on any atom is 0.243 e. The number of hydrogen-bond acceptors (Lipinski definition) is 5. The Bertz CT molecular complexity index is 974. The molecule has 0 N–H and O–H groups in total. The molecule has 0 unspecified atom stereocenters. The molecule has 0 bridgehead atoms. The molecule has 2 heterocycles. The Kier molecular flexibility index (Phi) is 6.53. The predicted molar refractivity (Wildman–Crippen MR) is 120 cm³/mol. The van der Waals surface area contributed by atoms with Crippen molar-refractivity contribution in [1.82, 2.24) is 14.2 Å². The smallest absolute Gasteiger partial charge is 0.243 e. The first kappa shape index (κ1) is 22.4. The third-order valence-electron chi connectivity index (χ3n) is 5.54. The lowest BCUT2D eigenvalue weighted by Crippen LogP contribution is -2.35. The molecule has 3 rings (SSSR count). The number of thiazole rings is 1. The highest BCUT2D eigenvalue weighted by molar-refractivity contribution is 7.89. The van der Waals surface area contributed by atoms with Crippen molar-refractivity contribution in [1.29, 1.82) is 0 Å². The van der Waals surface area contributed by atoms with Gasteiger partial charge < -0.3 is 0 Å². The van der Waals surface area contributed by atoms with Crippen molar-refractivity contribution in [3.05, 3.63) is 44.9 Å². The molecule has 5 nitrogen and oxygen atoms in total. The Morgan fingerprint density at radius 2 is 1.69 bits per heavy atom. The number of aromatic nitrogens is 1. The quantitative estimate of drug-likeness (QED) is 0.720. The maximum atomic E-state index is 13.3. The van der Waals surface area contributed by atoms with Crippen LogP contribution in [0.2, 0.25) is 0 Å². The molecule has 29 heavy (non-hydrogen) atoms. The van der Waals surface area contributed by atoms with Gasteiger partial charge in [-0.15, -0.1) is 11.3 Å². The summed E-state index contributed by atoms with van der Waals surface area (Å²) in [5, 5.41) is 3.29. The Morgan fingerprint density at radius 3 is 2.34 bits per heavy atom. The fraction of sp³-hybridized carbons (Fsp3) is 0.591. The molecule has 160 valence electrons. The Balaban J connectivity index is 1.71. The van der Waals surface area contributed by atoms with E-state index in [0.29, 0.717) is 18.0 Å². The first-order chi connectivity index (χ1) is 13.5. The number of benzene rings is 1. The van der Waals surface area contributed by atoms with E-state index in [1.54, 1.807) is 15.6 Å². The zero-order valence-corrected chi connectivity index (χ0v) is 20.1. The minimum atomic E-state index is -3.47. The first-order valence-electron chi connectivity index (χ1n) is 10.2. The highest BCUT2D eigenvalue weighted by atomic mass is 32.2. The van der Waals surface area contributed by atoms with Crippen LogP contribution in [0.25, 0.3) is 0 Å². The van der Waals surface area contributed by atoms with Gasteiger partial charge in [-0.05, 0) is 56.5 Å². The van der Waals surface area contributed by atoms with E-state index < -0.39 is 10.0 Å². The lowest BCUT2D eigenvalue weighted by molar-refractivity contribution is 0.275. The topological polar surface area (TPSA) is 53.5 Å². The van der Waals surface area contributed by atoms with E-state index in [9.17, 15) is 8.42 Å². The summed E-state index contributed by atoms with van der Waals surface area (Å²) in [6.07, 6.45) is 0.833. The molecule has 0 spiro atoms. The van der Waals surface area contributed by atoms with Crippen LogP contribution in [0.1, 0.15) is 54.6 Å². The van der Waals surface area contributed by atoms with Crippen LogP contribution < -0.4 is 0 Å². The van der Waals surface area contributed by atoms with Gasteiger partial charge in [-0.1, -0.05) is 26.8 Å². The first-order valence-corrected chi connectivity index (χ1v) is 12.6. The average Bonchev–Trinajstić information content (AvgIpc) is 2.96. The van der Waals surface area contributed by atoms with Crippen molar-refractivity contribution in [2.75, 3.05) is 26.2 Å². The van der Waals surface area contributed by atoms with Crippen LogP contribution in [0.5, 0.6) is 0 Å². The zero-order valence-electron chi connectivity index (χ0n) is 18.4. The monoisotopic (exact) mass is 435 g/mol. The van der Waals surface area contributed by atoms with Crippen molar-refractivity contribution < 1.29 is 8.42 Å². The van der Waals surface area contributed by atoms with Crippen LogP contribution in [0.4, 0.5) is 0 Å². The number of aryl methyl sites for hydroxylation is 3. The Hall–Kier alpha value is -1.28. The lowest BCUT2D eigenvalue weighted by Gasteiger charge is -2.22. The summed E-state index contributed by atoms with van der Waals surface area (Å²) in [5.74, 6) is 0. The third kappa shape index (κ3) is 5.08. The van der Waals surface area contributed by atoms with Crippen molar-refractivity contribution in [3.63, 3.8) is 0 Å². The Labute approximate surface area is 179 Å². The Morgan fingerprint density at radius 1 is 1.00 bits per heavy atom. The summed E-state index contributed by atoms with van der Waals surface area (Å²) in [5.41, 5.74) is 4.12. The lowest BCUT2D eigenvalue weighted by atomic mass is 9.98. The molecular formula is C22H33N3O2S2. The highest BCUT2D eigenvalue weighted by Gasteiger charge is 2.29. The molecule has 1 aliphatic heterocycles. The molecule has 0 amide bonds. The molecule has 0 radical (unpaired) electrons. The van der Waals surface area contributed by atoms with E-state index in [4.69, 9.17) is 4.98 Å². The van der Waals surface area contributed by atoms with Crippen LogP contribution in [-0.2, 0) is 22.0 Å². The fourth-order valence-corrected chi connectivity index (χ4v) is 6.31. The van der Waals surface area contributed by atoms with Crippen molar-refractivity contribution in [3.8, 4) is 0 Å². The van der Waals surface area contributed by atoms with E-state index in [-0.39, 0.29) is 5.41 Å². The highest BCUT2D eigenvalue weighted by Crippen LogP contribution is 2.27. The van der Waals surface area contributed by atoms with E-state index in [2.05, 4.69) is 31.1 Å². The molecule has 1 aromatic carbocycles. The molecule has 7 heteroatoms. The molecule has 2 aromatic rings. The normalized spacial score (nSPS) is 17.4. The number of nitrogens with zero attached hydrogens (tertiary/aromatic N) is 3. The zero-order chi connectivity index (χ0) is 21.4.